The van der Waals surface area contributed by atoms with Gasteiger partial charge in [0.15, 0.2) is 16.7 Å². The van der Waals surface area contributed by atoms with Crippen LogP contribution in [0, 0.1) is 0 Å². The minimum atomic E-state index is -0.203. The predicted octanol–water partition coefficient (Wildman–Crippen LogP) is 3.88. The molecule has 1 aliphatic carbocycles. The quantitative estimate of drug-likeness (QED) is 0.314. The van der Waals surface area contributed by atoms with Crippen LogP contribution in [0.15, 0.2) is 40.8 Å². The number of methoxy groups -OCH3 is 2. The molecule has 3 aromatic rings. The topological polar surface area (TPSA) is 82.5 Å². The van der Waals surface area contributed by atoms with Gasteiger partial charge < -0.3 is 14.8 Å². The largest absolute Gasteiger partial charge is 0.493 e. The van der Waals surface area contributed by atoms with Crippen LogP contribution >= 0.6 is 23.1 Å². The number of fused-ring (bicyclic) bond motifs is 3. The minimum Gasteiger partial charge on any atom is -0.493 e. The zero-order chi connectivity index (χ0) is 22.0. The maximum Gasteiger partial charge on any atom is 0.263 e. The number of carbonyl (C=O) groups excluding carboxylic acids is 1. The molecule has 1 amide bonds. The van der Waals surface area contributed by atoms with Gasteiger partial charge in [-0.2, -0.15) is 0 Å². The summed E-state index contributed by atoms with van der Waals surface area (Å²) in [6.07, 6.45) is 4.70. The van der Waals surface area contributed by atoms with E-state index in [-0.39, 0.29) is 17.2 Å². The predicted molar refractivity (Wildman–Crippen MR) is 125 cm³/mol. The number of nitrogens with one attached hydrogen (secondary N) is 1. The molecular weight excluding hydrogens is 434 g/mol. The Labute approximate surface area is 188 Å². The summed E-state index contributed by atoms with van der Waals surface area (Å²) < 4.78 is 12.1. The van der Waals surface area contributed by atoms with E-state index in [1.54, 1.807) is 54.4 Å². The Hall–Kier alpha value is -2.78. The van der Waals surface area contributed by atoms with Gasteiger partial charge in [-0.3, -0.25) is 14.2 Å². The number of carbonyl (C=O) groups is 1. The number of nitrogens with zero attached hydrogens (tertiary/aromatic N) is 2. The number of anilines is 1. The molecular formula is C22H23N3O4S2. The monoisotopic (exact) mass is 457 g/mol. The Morgan fingerprint density at radius 1 is 1.32 bits per heavy atom. The number of thiophene rings is 1. The molecule has 1 aliphatic rings. The smallest absolute Gasteiger partial charge is 0.263 e. The molecule has 0 unspecified atom stereocenters. The van der Waals surface area contributed by atoms with Crippen LogP contribution < -0.4 is 20.3 Å². The number of aryl methyl sites for hydroxylation is 2. The fraction of sp³-hybridized carbons (Fsp3) is 0.318. The third-order valence-corrected chi connectivity index (χ3v) is 7.26. The van der Waals surface area contributed by atoms with Crippen LogP contribution in [0.5, 0.6) is 11.5 Å². The summed E-state index contributed by atoms with van der Waals surface area (Å²) in [6, 6.07) is 5.18. The fourth-order valence-corrected chi connectivity index (χ4v) is 5.81. The molecule has 2 heterocycles. The van der Waals surface area contributed by atoms with Gasteiger partial charge in [-0.15, -0.1) is 17.9 Å². The lowest BCUT2D eigenvalue weighted by Crippen LogP contribution is -2.24. The van der Waals surface area contributed by atoms with Crippen LogP contribution in [-0.2, 0) is 24.2 Å². The first kappa shape index (κ1) is 21.5. The highest BCUT2D eigenvalue weighted by atomic mass is 32.2. The van der Waals surface area contributed by atoms with Crippen LogP contribution in [0.25, 0.3) is 10.2 Å². The standard InChI is InChI=1S/C22H23N3O4S2/c1-4-10-25-21(27)19-14-6-5-7-17(14)31-20(19)24-22(25)30-12-18(26)23-13-8-9-15(28-2)16(11-13)29-3/h4,8-9,11H,1,5-7,10,12H2,2-3H3,(H,23,26). The normalized spacial score (nSPS) is 12.6. The Balaban J connectivity index is 1.54. The molecule has 0 saturated heterocycles. The number of rotatable bonds is 8. The highest BCUT2D eigenvalue weighted by molar-refractivity contribution is 7.99. The van der Waals surface area contributed by atoms with Gasteiger partial charge >= 0.3 is 0 Å². The highest BCUT2D eigenvalue weighted by Gasteiger charge is 2.23. The minimum absolute atomic E-state index is 0.0490. The van der Waals surface area contributed by atoms with E-state index in [9.17, 15) is 9.59 Å². The SMILES string of the molecule is C=CCn1c(SCC(=O)Nc2ccc(OC)c(OC)c2)nc2sc3c(c2c1=O)CCC3. The number of amides is 1. The zero-order valence-corrected chi connectivity index (χ0v) is 19.0. The van der Waals surface area contributed by atoms with Crippen LogP contribution in [0.4, 0.5) is 5.69 Å². The number of aromatic nitrogens is 2. The number of benzene rings is 1. The van der Waals surface area contributed by atoms with Gasteiger partial charge in [0.25, 0.3) is 5.56 Å². The van der Waals surface area contributed by atoms with Crippen LogP contribution in [0.2, 0.25) is 0 Å². The first-order chi connectivity index (χ1) is 15.0. The number of thioether (sulfide) groups is 1. The van der Waals surface area contributed by atoms with E-state index in [0.717, 1.165) is 35.0 Å². The lowest BCUT2D eigenvalue weighted by atomic mass is 10.2. The molecule has 0 bridgehead atoms. The molecule has 7 nitrogen and oxygen atoms in total. The summed E-state index contributed by atoms with van der Waals surface area (Å²) in [4.78, 5) is 32.5. The molecule has 0 aliphatic heterocycles. The molecule has 0 spiro atoms. The third kappa shape index (κ3) is 4.20. The van der Waals surface area contributed by atoms with Crippen molar-refractivity contribution in [3.8, 4) is 11.5 Å². The third-order valence-electron chi connectivity index (χ3n) is 5.10. The van der Waals surface area contributed by atoms with E-state index in [1.165, 1.54) is 16.6 Å². The van der Waals surface area contributed by atoms with Gasteiger partial charge in [-0.05, 0) is 37.0 Å². The van der Waals surface area contributed by atoms with Crippen molar-refractivity contribution in [2.45, 2.75) is 31.0 Å². The first-order valence-electron chi connectivity index (χ1n) is 9.86. The molecule has 9 heteroatoms. The molecule has 31 heavy (non-hydrogen) atoms. The summed E-state index contributed by atoms with van der Waals surface area (Å²) in [5.74, 6) is 1.04. The average Bonchev–Trinajstić information content (AvgIpc) is 3.35. The fourth-order valence-electron chi connectivity index (χ4n) is 3.70. The summed E-state index contributed by atoms with van der Waals surface area (Å²) in [5, 5.41) is 4.11. The van der Waals surface area contributed by atoms with Gasteiger partial charge in [0.05, 0.1) is 25.4 Å². The second-order valence-electron chi connectivity index (χ2n) is 7.04. The molecule has 4 rings (SSSR count). The number of hydrogen-bond acceptors (Lipinski definition) is 7. The van der Waals surface area contributed by atoms with Crippen molar-refractivity contribution in [1.29, 1.82) is 0 Å². The van der Waals surface area contributed by atoms with E-state index in [1.807, 2.05) is 0 Å². The van der Waals surface area contributed by atoms with E-state index in [2.05, 4.69) is 11.9 Å². The van der Waals surface area contributed by atoms with Gasteiger partial charge in [0.1, 0.15) is 4.83 Å². The summed E-state index contributed by atoms with van der Waals surface area (Å²) >= 11 is 2.84. The van der Waals surface area contributed by atoms with Crippen LogP contribution in [0.1, 0.15) is 16.9 Å². The van der Waals surface area contributed by atoms with Gasteiger partial charge in [0, 0.05) is 23.2 Å². The summed E-state index contributed by atoms with van der Waals surface area (Å²) in [5.41, 5.74) is 1.70. The summed E-state index contributed by atoms with van der Waals surface area (Å²) in [7, 11) is 3.10. The molecule has 0 fully saturated rings. The van der Waals surface area contributed by atoms with E-state index in [4.69, 9.17) is 14.5 Å². The summed E-state index contributed by atoms with van der Waals surface area (Å²) in [6.45, 7) is 4.12. The van der Waals surface area contributed by atoms with E-state index < -0.39 is 0 Å². The van der Waals surface area contributed by atoms with Gasteiger partial charge in [-0.25, -0.2) is 4.98 Å². The lowest BCUT2D eigenvalue weighted by molar-refractivity contribution is -0.113. The van der Waals surface area contributed by atoms with Crippen molar-refractivity contribution in [1.82, 2.24) is 9.55 Å². The average molecular weight is 458 g/mol. The molecule has 0 saturated carbocycles. The second kappa shape index (κ2) is 9.15. The van der Waals surface area contributed by atoms with E-state index in [0.29, 0.717) is 28.9 Å². The Morgan fingerprint density at radius 3 is 2.87 bits per heavy atom. The molecule has 1 aromatic carbocycles. The first-order valence-corrected chi connectivity index (χ1v) is 11.7. The van der Waals surface area contributed by atoms with Crippen molar-refractivity contribution in [2.24, 2.45) is 0 Å². The molecule has 0 atom stereocenters. The zero-order valence-electron chi connectivity index (χ0n) is 17.4. The van der Waals surface area contributed by atoms with Crippen LogP contribution in [-0.4, -0.2) is 35.4 Å². The van der Waals surface area contributed by atoms with Gasteiger partial charge in [-0.1, -0.05) is 17.8 Å². The van der Waals surface area contributed by atoms with Crippen LogP contribution in [0.3, 0.4) is 0 Å². The Morgan fingerprint density at radius 2 is 2.13 bits per heavy atom. The lowest BCUT2D eigenvalue weighted by Gasteiger charge is -2.12. The van der Waals surface area contributed by atoms with Crippen molar-refractivity contribution in [2.75, 3.05) is 25.3 Å². The van der Waals surface area contributed by atoms with Crippen molar-refractivity contribution in [3.63, 3.8) is 0 Å². The van der Waals surface area contributed by atoms with Crippen molar-refractivity contribution in [3.05, 3.63) is 51.6 Å². The van der Waals surface area contributed by atoms with Crippen molar-refractivity contribution < 1.29 is 14.3 Å². The Kier molecular flexibility index (Phi) is 6.33. The maximum atomic E-state index is 13.2. The molecule has 1 N–H and O–H groups in total. The second-order valence-corrected chi connectivity index (χ2v) is 9.07. The van der Waals surface area contributed by atoms with Crippen molar-refractivity contribution >= 4 is 44.9 Å². The Bertz CT molecular complexity index is 1220. The number of hydrogen-bond donors (Lipinski definition) is 1. The number of allylic oxidation sites excluding steroid dienone is 1. The van der Waals surface area contributed by atoms with Gasteiger partial charge in [0.2, 0.25) is 5.91 Å². The highest BCUT2D eigenvalue weighted by Crippen LogP contribution is 2.35. The maximum absolute atomic E-state index is 13.2. The van der Waals surface area contributed by atoms with E-state index >= 15 is 0 Å². The number of ether oxygens (including phenoxy) is 2. The molecule has 162 valence electrons. The molecule has 0 radical (unpaired) electrons. The molecule has 2 aromatic heterocycles.